The van der Waals surface area contributed by atoms with Crippen LogP contribution >= 0.6 is 0 Å². The van der Waals surface area contributed by atoms with Crippen molar-refractivity contribution in [2.75, 3.05) is 31.7 Å². The van der Waals surface area contributed by atoms with E-state index in [0.29, 0.717) is 24.4 Å². The zero-order chi connectivity index (χ0) is 20.8. The number of fused-ring (bicyclic) bond motifs is 4. The second-order valence-electron chi connectivity index (χ2n) is 7.95. The molecule has 2 aromatic rings. The largest absolute Gasteiger partial charge is 0.465 e. The van der Waals surface area contributed by atoms with Crippen molar-refractivity contribution in [3.63, 3.8) is 0 Å². The summed E-state index contributed by atoms with van der Waals surface area (Å²) in [5.74, 6) is 0.0701. The number of ether oxygens (including phenoxy) is 2. The Morgan fingerprint density at radius 2 is 2.00 bits per heavy atom. The Balaban J connectivity index is 1.40. The predicted molar refractivity (Wildman–Crippen MR) is 107 cm³/mol. The van der Waals surface area contributed by atoms with Crippen molar-refractivity contribution in [2.24, 2.45) is 0 Å². The highest BCUT2D eigenvalue weighted by Gasteiger charge is 2.40. The second-order valence-corrected chi connectivity index (χ2v) is 7.95. The molecule has 3 heterocycles. The number of carbonyl (C=O) groups is 2. The minimum absolute atomic E-state index is 0.0152. The first-order valence-corrected chi connectivity index (χ1v) is 9.98. The van der Waals surface area contributed by atoms with Gasteiger partial charge in [0.15, 0.2) is 12.5 Å². The molecule has 0 spiro atoms. The molecular formula is C22H22FN3O4. The van der Waals surface area contributed by atoms with Gasteiger partial charge in [0.25, 0.3) is 0 Å². The van der Waals surface area contributed by atoms with E-state index in [4.69, 9.17) is 9.47 Å². The summed E-state index contributed by atoms with van der Waals surface area (Å²) in [4.78, 5) is 29.2. The van der Waals surface area contributed by atoms with Gasteiger partial charge < -0.3 is 24.6 Å². The number of urea groups is 1. The standard InChI is InChI=1S/C22H22FN3O4/c1-13-8-26-19(17-5-3-2-4-16(13)17)9-25(10-20(26)27)22(28)24-18-7-15(23)6-14-11-29-12-30-21(14)18/h2-7,13,19H,8-12H2,1H3,(H,24,28)/t13-,19+/m0/s1. The Bertz CT molecular complexity index is 1030. The average Bonchev–Trinajstić information content (AvgIpc) is 2.74. The summed E-state index contributed by atoms with van der Waals surface area (Å²) < 4.78 is 24.6. The highest BCUT2D eigenvalue weighted by Crippen LogP contribution is 2.39. The van der Waals surface area contributed by atoms with Gasteiger partial charge in [0.05, 0.1) is 18.3 Å². The number of piperazine rings is 1. The van der Waals surface area contributed by atoms with Gasteiger partial charge in [-0.3, -0.25) is 4.79 Å². The normalized spacial score (nSPS) is 22.5. The summed E-state index contributed by atoms with van der Waals surface area (Å²) in [6.45, 7) is 3.36. The van der Waals surface area contributed by atoms with Gasteiger partial charge in [-0.25, -0.2) is 9.18 Å². The Morgan fingerprint density at radius 1 is 1.20 bits per heavy atom. The number of hydrogen-bond donors (Lipinski definition) is 1. The molecule has 2 aromatic carbocycles. The van der Waals surface area contributed by atoms with Crippen LogP contribution in [0.3, 0.4) is 0 Å². The van der Waals surface area contributed by atoms with E-state index in [9.17, 15) is 14.0 Å². The van der Waals surface area contributed by atoms with Crippen LogP contribution in [0.4, 0.5) is 14.9 Å². The van der Waals surface area contributed by atoms with Crippen molar-refractivity contribution in [3.8, 4) is 5.75 Å². The Morgan fingerprint density at radius 3 is 2.83 bits per heavy atom. The third-order valence-electron chi connectivity index (χ3n) is 5.98. The van der Waals surface area contributed by atoms with Crippen LogP contribution in [0.1, 0.15) is 35.6 Å². The number of anilines is 1. The number of nitrogens with zero attached hydrogens (tertiary/aromatic N) is 2. The minimum Gasteiger partial charge on any atom is -0.465 e. The number of nitrogens with one attached hydrogen (secondary N) is 1. The maximum atomic E-state index is 14.0. The first kappa shape index (κ1) is 18.9. The van der Waals surface area contributed by atoms with Crippen molar-refractivity contribution in [2.45, 2.75) is 25.5 Å². The van der Waals surface area contributed by atoms with E-state index < -0.39 is 11.8 Å². The maximum absolute atomic E-state index is 14.0. The van der Waals surface area contributed by atoms with Crippen LogP contribution < -0.4 is 10.1 Å². The van der Waals surface area contributed by atoms with Gasteiger partial charge in [0.2, 0.25) is 5.91 Å². The Labute approximate surface area is 173 Å². The zero-order valence-corrected chi connectivity index (χ0v) is 16.6. The van der Waals surface area contributed by atoms with Gasteiger partial charge in [0.1, 0.15) is 12.4 Å². The van der Waals surface area contributed by atoms with E-state index in [1.165, 1.54) is 22.6 Å². The number of rotatable bonds is 1. The van der Waals surface area contributed by atoms with Gasteiger partial charge in [0, 0.05) is 24.7 Å². The van der Waals surface area contributed by atoms with E-state index in [2.05, 4.69) is 18.3 Å². The Kier molecular flexibility index (Phi) is 4.58. The molecule has 0 aliphatic carbocycles. The number of amides is 3. The topological polar surface area (TPSA) is 71.1 Å². The third kappa shape index (κ3) is 3.17. The molecule has 0 bridgehead atoms. The van der Waals surface area contributed by atoms with Gasteiger partial charge in [-0.2, -0.15) is 0 Å². The van der Waals surface area contributed by atoms with Crippen LogP contribution in [0.15, 0.2) is 36.4 Å². The summed E-state index contributed by atoms with van der Waals surface area (Å²) in [6.07, 6.45) is 0. The Hall–Kier alpha value is -3.13. The molecule has 0 unspecified atom stereocenters. The molecule has 156 valence electrons. The molecule has 1 N–H and O–H groups in total. The molecule has 1 fully saturated rings. The number of carbonyl (C=O) groups excluding carboxylic acids is 2. The fraction of sp³-hybridized carbons (Fsp3) is 0.364. The number of hydrogen-bond acceptors (Lipinski definition) is 4. The highest BCUT2D eigenvalue weighted by atomic mass is 19.1. The fourth-order valence-electron chi connectivity index (χ4n) is 4.57. The zero-order valence-electron chi connectivity index (χ0n) is 16.6. The third-order valence-corrected chi connectivity index (χ3v) is 5.98. The quantitative estimate of drug-likeness (QED) is 0.782. The van der Waals surface area contributed by atoms with Gasteiger partial charge >= 0.3 is 6.03 Å². The maximum Gasteiger partial charge on any atom is 0.322 e. The summed E-state index contributed by atoms with van der Waals surface area (Å²) in [7, 11) is 0. The van der Waals surface area contributed by atoms with Gasteiger partial charge in [-0.15, -0.1) is 0 Å². The van der Waals surface area contributed by atoms with E-state index in [1.807, 2.05) is 23.1 Å². The van der Waals surface area contributed by atoms with Crippen LogP contribution in [-0.2, 0) is 16.1 Å². The lowest BCUT2D eigenvalue weighted by Crippen LogP contribution is -2.56. The van der Waals surface area contributed by atoms with Crippen LogP contribution in [-0.4, -0.2) is 48.2 Å². The molecule has 0 aromatic heterocycles. The first-order valence-electron chi connectivity index (χ1n) is 9.98. The summed E-state index contributed by atoms with van der Waals surface area (Å²) in [5, 5.41) is 2.73. The van der Waals surface area contributed by atoms with Crippen LogP contribution in [0.2, 0.25) is 0 Å². The molecule has 3 aliphatic heterocycles. The van der Waals surface area contributed by atoms with Gasteiger partial charge in [-0.05, 0) is 23.1 Å². The molecule has 8 heteroatoms. The fourth-order valence-corrected chi connectivity index (χ4v) is 4.57. The summed E-state index contributed by atoms with van der Waals surface area (Å²) in [5.41, 5.74) is 3.06. The van der Waals surface area contributed by atoms with E-state index in [1.54, 1.807) is 0 Å². The predicted octanol–water partition coefficient (Wildman–Crippen LogP) is 3.23. The number of benzene rings is 2. The molecule has 0 saturated carbocycles. The minimum atomic E-state index is -0.491. The molecule has 7 nitrogen and oxygen atoms in total. The monoisotopic (exact) mass is 411 g/mol. The smallest absolute Gasteiger partial charge is 0.322 e. The molecule has 1 saturated heterocycles. The van der Waals surface area contributed by atoms with Crippen molar-refractivity contribution < 1.29 is 23.5 Å². The lowest BCUT2D eigenvalue weighted by molar-refractivity contribution is -0.139. The van der Waals surface area contributed by atoms with Crippen molar-refractivity contribution >= 4 is 17.6 Å². The molecule has 5 rings (SSSR count). The van der Waals surface area contributed by atoms with Crippen molar-refractivity contribution in [3.05, 3.63) is 58.9 Å². The molecular weight excluding hydrogens is 389 g/mol. The van der Waals surface area contributed by atoms with E-state index >= 15 is 0 Å². The van der Waals surface area contributed by atoms with Crippen LogP contribution in [0, 0.1) is 5.82 Å². The van der Waals surface area contributed by atoms with Crippen LogP contribution in [0.5, 0.6) is 5.75 Å². The van der Waals surface area contributed by atoms with Crippen LogP contribution in [0.25, 0.3) is 0 Å². The lowest BCUT2D eigenvalue weighted by Gasteiger charge is -2.46. The second kappa shape index (κ2) is 7.28. The first-order chi connectivity index (χ1) is 14.5. The highest BCUT2D eigenvalue weighted by molar-refractivity contribution is 5.94. The SMILES string of the molecule is C[C@H]1CN2C(=O)CN(C(=O)Nc3cc(F)cc4c3OCOC4)C[C@@H]2c2ccccc21. The molecule has 2 atom stereocenters. The van der Waals surface area contributed by atoms with Crippen molar-refractivity contribution in [1.29, 1.82) is 0 Å². The molecule has 0 radical (unpaired) electrons. The molecule has 3 aliphatic rings. The average molecular weight is 411 g/mol. The van der Waals surface area contributed by atoms with Gasteiger partial charge in [-0.1, -0.05) is 31.2 Å². The summed E-state index contributed by atoms with van der Waals surface area (Å²) in [6, 6.07) is 9.96. The van der Waals surface area contributed by atoms with E-state index in [0.717, 1.165) is 5.56 Å². The van der Waals surface area contributed by atoms with Crippen molar-refractivity contribution in [1.82, 2.24) is 9.80 Å². The summed E-state index contributed by atoms with van der Waals surface area (Å²) >= 11 is 0. The number of halogens is 1. The lowest BCUT2D eigenvalue weighted by atomic mass is 9.85. The molecule has 30 heavy (non-hydrogen) atoms. The molecule has 3 amide bonds. The van der Waals surface area contributed by atoms with E-state index in [-0.39, 0.29) is 43.5 Å².